The molecule has 0 unspecified atom stereocenters. The number of furan rings is 1. The molecule has 0 bridgehead atoms. The Kier molecular flexibility index (Phi) is 3.02. The van der Waals surface area contributed by atoms with Crippen LogP contribution in [0.2, 0.25) is 0 Å². The van der Waals surface area contributed by atoms with Crippen LogP contribution in [-0.4, -0.2) is 30.3 Å². The number of hydrogen-bond acceptors (Lipinski definition) is 3. The highest BCUT2D eigenvalue weighted by Crippen LogP contribution is 2.33. The molecule has 0 aliphatic heterocycles. The first kappa shape index (κ1) is 11.0. The second-order valence-corrected chi connectivity index (χ2v) is 5.48. The van der Waals surface area contributed by atoms with Crippen molar-refractivity contribution in [2.24, 2.45) is 11.8 Å². The predicted molar refractivity (Wildman–Crippen MR) is 64.9 cm³/mol. The Labute approximate surface area is 102 Å². The minimum absolute atomic E-state index is 0.122. The van der Waals surface area contributed by atoms with Gasteiger partial charge in [0.1, 0.15) is 0 Å². The summed E-state index contributed by atoms with van der Waals surface area (Å²) in [6, 6.07) is 3.54. The van der Waals surface area contributed by atoms with Crippen LogP contribution < -0.4 is 0 Å². The van der Waals surface area contributed by atoms with Gasteiger partial charge in [-0.05, 0) is 49.7 Å². The third kappa shape index (κ3) is 3.19. The molecule has 2 aliphatic rings. The Morgan fingerprint density at radius 2 is 1.88 bits per heavy atom. The van der Waals surface area contributed by atoms with Crippen LogP contribution in [0.15, 0.2) is 22.8 Å². The monoisotopic (exact) mass is 233 g/mol. The SMILES string of the molecule is O=C(CN(CC1CC1)CC1CC1)c1ccco1. The van der Waals surface area contributed by atoms with Crippen LogP contribution in [0.25, 0.3) is 0 Å². The van der Waals surface area contributed by atoms with E-state index in [1.165, 1.54) is 25.7 Å². The van der Waals surface area contributed by atoms with Gasteiger partial charge in [-0.1, -0.05) is 0 Å². The van der Waals surface area contributed by atoms with E-state index in [2.05, 4.69) is 4.90 Å². The lowest BCUT2D eigenvalue weighted by atomic mass is 10.2. The second-order valence-electron chi connectivity index (χ2n) is 5.48. The number of carbonyl (C=O) groups excluding carboxylic acids is 1. The van der Waals surface area contributed by atoms with Gasteiger partial charge in [0, 0.05) is 13.1 Å². The van der Waals surface area contributed by atoms with Crippen molar-refractivity contribution < 1.29 is 9.21 Å². The summed E-state index contributed by atoms with van der Waals surface area (Å²) in [6.45, 7) is 2.73. The largest absolute Gasteiger partial charge is 0.461 e. The van der Waals surface area contributed by atoms with Gasteiger partial charge in [-0.3, -0.25) is 9.69 Å². The molecule has 0 spiro atoms. The van der Waals surface area contributed by atoms with Crippen LogP contribution >= 0.6 is 0 Å². The molecule has 0 aromatic carbocycles. The second kappa shape index (κ2) is 4.65. The van der Waals surface area contributed by atoms with Crippen LogP contribution in [0.3, 0.4) is 0 Å². The van der Waals surface area contributed by atoms with E-state index in [9.17, 15) is 4.79 Å². The molecule has 2 fully saturated rings. The maximum absolute atomic E-state index is 12.0. The number of ketones is 1. The normalized spacial score (nSPS) is 19.8. The van der Waals surface area contributed by atoms with Crippen molar-refractivity contribution in [3.63, 3.8) is 0 Å². The zero-order valence-electron chi connectivity index (χ0n) is 10.1. The Hall–Kier alpha value is -1.09. The van der Waals surface area contributed by atoms with Gasteiger partial charge in [0.05, 0.1) is 12.8 Å². The minimum Gasteiger partial charge on any atom is -0.461 e. The topological polar surface area (TPSA) is 33.5 Å². The van der Waals surface area contributed by atoms with Crippen molar-refractivity contribution in [1.29, 1.82) is 0 Å². The fraction of sp³-hybridized carbons (Fsp3) is 0.643. The summed E-state index contributed by atoms with van der Waals surface area (Å²) in [6.07, 6.45) is 6.94. The lowest BCUT2D eigenvalue weighted by Gasteiger charge is -2.20. The molecule has 2 saturated carbocycles. The average Bonchev–Trinajstić information content (AvgIpc) is 3.22. The lowest BCUT2D eigenvalue weighted by molar-refractivity contribution is 0.0896. The van der Waals surface area contributed by atoms with Crippen molar-refractivity contribution in [2.75, 3.05) is 19.6 Å². The summed E-state index contributed by atoms with van der Waals surface area (Å²) in [7, 11) is 0. The molecule has 0 amide bonds. The van der Waals surface area contributed by atoms with Gasteiger partial charge in [0.2, 0.25) is 5.78 Å². The van der Waals surface area contributed by atoms with Crippen LogP contribution in [0.1, 0.15) is 36.2 Å². The summed E-state index contributed by atoms with van der Waals surface area (Å²) < 4.78 is 5.16. The van der Waals surface area contributed by atoms with Gasteiger partial charge in [-0.25, -0.2) is 0 Å². The van der Waals surface area contributed by atoms with E-state index in [4.69, 9.17) is 4.42 Å². The zero-order chi connectivity index (χ0) is 11.7. The molecule has 0 N–H and O–H groups in total. The van der Waals surface area contributed by atoms with Gasteiger partial charge < -0.3 is 4.42 Å². The molecule has 0 atom stereocenters. The minimum atomic E-state index is 0.122. The van der Waals surface area contributed by atoms with E-state index >= 15 is 0 Å². The Bertz CT molecular complexity index is 363. The molecule has 1 heterocycles. The quantitative estimate of drug-likeness (QED) is 0.679. The van der Waals surface area contributed by atoms with Gasteiger partial charge >= 0.3 is 0 Å². The Morgan fingerprint density at radius 1 is 1.24 bits per heavy atom. The summed E-state index contributed by atoms with van der Waals surface area (Å²) in [5.74, 6) is 2.31. The molecular formula is C14H19NO2. The van der Waals surface area contributed by atoms with Crippen molar-refractivity contribution in [1.82, 2.24) is 4.90 Å². The Morgan fingerprint density at radius 3 is 2.35 bits per heavy atom. The van der Waals surface area contributed by atoms with Crippen molar-refractivity contribution in [3.8, 4) is 0 Å². The number of Topliss-reactive ketones (excluding diaryl/α,β-unsaturated/α-hetero) is 1. The zero-order valence-corrected chi connectivity index (χ0v) is 10.1. The molecule has 3 nitrogen and oxygen atoms in total. The summed E-state index contributed by atoms with van der Waals surface area (Å²) in [5, 5.41) is 0. The van der Waals surface area contributed by atoms with E-state index in [1.54, 1.807) is 18.4 Å². The molecule has 1 aromatic heterocycles. The lowest BCUT2D eigenvalue weighted by Crippen LogP contribution is -2.33. The van der Waals surface area contributed by atoms with E-state index in [0.29, 0.717) is 12.3 Å². The highest BCUT2D eigenvalue weighted by Gasteiger charge is 2.30. The molecule has 2 aliphatic carbocycles. The maximum Gasteiger partial charge on any atom is 0.211 e. The van der Waals surface area contributed by atoms with Crippen molar-refractivity contribution in [3.05, 3.63) is 24.2 Å². The standard InChI is InChI=1S/C14H19NO2/c16-13(14-2-1-7-17-14)10-15(8-11-3-4-11)9-12-5-6-12/h1-2,7,11-12H,3-6,8-10H2. The van der Waals surface area contributed by atoms with Gasteiger partial charge in [-0.15, -0.1) is 0 Å². The first-order valence-electron chi connectivity index (χ1n) is 6.60. The van der Waals surface area contributed by atoms with Gasteiger partial charge in [-0.2, -0.15) is 0 Å². The van der Waals surface area contributed by atoms with E-state index in [0.717, 1.165) is 24.9 Å². The average molecular weight is 233 g/mol. The molecule has 17 heavy (non-hydrogen) atoms. The van der Waals surface area contributed by atoms with Crippen LogP contribution in [0.5, 0.6) is 0 Å². The summed E-state index contributed by atoms with van der Waals surface area (Å²) in [5.41, 5.74) is 0. The number of carbonyl (C=O) groups is 1. The predicted octanol–water partition coefficient (Wildman–Crippen LogP) is 2.58. The van der Waals surface area contributed by atoms with Crippen molar-refractivity contribution in [2.45, 2.75) is 25.7 Å². The number of hydrogen-bond donors (Lipinski definition) is 0. The number of nitrogens with zero attached hydrogens (tertiary/aromatic N) is 1. The molecule has 1 aromatic rings. The first-order chi connectivity index (χ1) is 8.31. The maximum atomic E-state index is 12.0. The van der Waals surface area contributed by atoms with E-state index < -0.39 is 0 Å². The Balaban J connectivity index is 1.55. The van der Waals surface area contributed by atoms with Gasteiger partial charge in [0.15, 0.2) is 5.76 Å². The highest BCUT2D eigenvalue weighted by molar-refractivity contribution is 5.94. The molecular weight excluding hydrogens is 214 g/mol. The van der Waals surface area contributed by atoms with E-state index in [-0.39, 0.29) is 5.78 Å². The van der Waals surface area contributed by atoms with E-state index in [1.807, 2.05) is 0 Å². The molecule has 92 valence electrons. The van der Waals surface area contributed by atoms with Crippen molar-refractivity contribution >= 4 is 5.78 Å². The molecule has 0 radical (unpaired) electrons. The smallest absolute Gasteiger partial charge is 0.211 e. The first-order valence-corrected chi connectivity index (χ1v) is 6.60. The fourth-order valence-corrected chi connectivity index (χ4v) is 2.25. The van der Waals surface area contributed by atoms with Crippen LogP contribution in [0, 0.1) is 11.8 Å². The summed E-state index contributed by atoms with van der Waals surface area (Å²) in [4.78, 5) is 14.3. The third-order valence-corrected chi connectivity index (χ3v) is 3.59. The number of rotatable bonds is 7. The van der Waals surface area contributed by atoms with Gasteiger partial charge in [0.25, 0.3) is 0 Å². The third-order valence-electron chi connectivity index (χ3n) is 3.59. The molecule has 3 heteroatoms. The fourth-order valence-electron chi connectivity index (χ4n) is 2.25. The molecule has 3 rings (SSSR count). The molecule has 0 saturated heterocycles. The van der Waals surface area contributed by atoms with Crippen LogP contribution in [-0.2, 0) is 0 Å². The highest BCUT2D eigenvalue weighted by atomic mass is 16.3. The summed E-state index contributed by atoms with van der Waals surface area (Å²) >= 11 is 0. The van der Waals surface area contributed by atoms with Crippen LogP contribution in [0.4, 0.5) is 0 Å².